The Morgan fingerprint density at radius 2 is 2.33 bits per heavy atom. The first kappa shape index (κ1) is 13.5. The second-order valence-electron chi connectivity index (χ2n) is 4.57. The highest BCUT2D eigenvalue weighted by atomic mass is 16.5. The molecule has 0 aliphatic carbocycles. The molecule has 2 rings (SSSR count). The zero-order valence-electron chi connectivity index (χ0n) is 11.0. The largest absolute Gasteiger partial charge is 0.393 e. The minimum Gasteiger partial charge on any atom is -0.393 e. The van der Waals surface area contributed by atoms with Crippen LogP contribution in [-0.2, 0) is 11.2 Å². The summed E-state index contributed by atoms with van der Waals surface area (Å²) in [5, 5.41) is 13.5. The van der Waals surface area contributed by atoms with E-state index in [1.54, 1.807) is 0 Å². The lowest BCUT2D eigenvalue weighted by atomic mass is 10.2. The molecule has 1 N–H and O–H groups in total. The van der Waals surface area contributed by atoms with Gasteiger partial charge in [-0.1, -0.05) is 19.0 Å². The predicted octanol–water partition coefficient (Wildman–Crippen LogP) is 0.776. The highest BCUT2D eigenvalue weighted by Gasteiger charge is 2.25. The average molecular weight is 255 g/mol. The number of hydrogen-bond donors (Lipinski definition) is 1. The van der Waals surface area contributed by atoms with Crippen molar-refractivity contribution >= 4 is 0 Å². The number of ether oxygens (including phenoxy) is 1. The van der Waals surface area contributed by atoms with E-state index in [1.807, 2.05) is 6.92 Å². The van der Waals surface area contributed by atoms with E-state index in [-0.39, 0.29) is 6.10 Å². The van der Waals surface area contributed by atoms with Crippen molar-refractivity contribution in [2.45, 2.75) is 38.9 Å². The lowest BCUT2D eigenvalue weighted by Crippen LogP contribution is -2.38. The van der Waals surface area contributed by atoms with Gasteiger partial charge in [-0.3, -0.25) is 4.90 Å². The zero-order chi connectivity index (χ0) is 13.0. The van der Waals surface area contributed by atoms with Gasteiger partial charge in [0.2, 0.25) is 11.7 Å². The van der Waals surface area contributed by atoms with E-state index in [4.69, 9.17) is 9.26 Å². The Labute approximate surface area is 107 Å². The molecule has 1 aliphatic rings. The monoisotopic (exact) mass is 255 g/mol. The molecule has 0 saturated carbocycles. The van der Waals surface area contributed by atoms with Crippen LogP contribution in [0, 0.1) is 0 Å². The first-order valence-electron chi connectivity index (χ1n) is 6.57. The van der Waals surface area contributed by atoms with Gasteiger partial charge in [-0.15, -0.1) is 0 Å². The Morgan fingerprint density at radius 3 is 3.06 bits per heavy atom. The van der Waals surface area contributed by atoms with Gasteiger partial charge in [-0.2, -0.15) is 4.98 Å². The zero-order valence-corrected chi connectivity index (χ0v) is 11.0. The van der Waals surface area contributed by atoms with Crippen molar-refractivity contribution < 1.29 is 14.4 Å². The third-order valence-corrected chi connectivity index (χ3v) is 3.25. The summed E-state index contributed by atoms with van der Waals surface area (Å²) >= 11 is 0. The molecule has 0 radical (unpaired) electrons. The van der Waals surface area contributed by atoms with Crippen molar-refractivity contribution in [1.29, 1.82) is 0 Å². The first-order valence-corrected chi connectivity index (χ1v) is 6.57. The Bertz CT molecular complexity index is 369. The van der Waals surface area contributed by atoms with Crippen LogP contribution in [0.5, 0.6) is 0 Å². The number of aliphatic hydroxyl groups is 1. The number of morpholine rings is 1. The van der Waals surface area contributed by atoms with E-state index in [1.165, 1.54) is 0 Å². The molecule has 2 atom stereocenters. The summed E-state index contributed by atoms with van der Waals surface area (Å²) in [7, 11) is 0. The molecule has 18 heavy (non-hydrogen) atoms. The van der Waals surface area contributed by atoms with E-state index in [2.05, 4.69) is 22.0 Å². The fourth-order valence-corrected chi connectivity index (χ4v) is 1.97. The summed E-state index contributed by atoms with van der Waals surface area (Å²) in [5.41, 5.74) is 0. The molecule has 0 aromatic carbocycles. The molecule has 0 spiro atoms. The third-order valence-electron chi connectivity index (χ3n) is 3.25. The first-order chi connectivity index (χ1) is 8.72. The molecule has 6 heteroatoms. The molecule has 0 bridgehead atoms. The smallest absolute Gasteiger partial charge is 0.229 e. The maximum Gasteiger partial charge on any atom is 0.229 e. The normalized spacial score (nSPS) is 23.2. The van der Waals surface area contributed by atoms with Crippen molar-refractivity contribution in [3.8, 4) is 0 Å². The summed E-state index contributed by atoms with van der Waals surface area (Å²) in [6.45, 7) is 7.49. The quantitative estimate of drug-likeness (QED) is 0.838. The number of hydrogen-bond acceptors (Lipinski definition) is 6. The van der Waals surface area contributed by atoms with Crippen LogP contribution in [-0.4, -0.2) is 52.5 Å². The van der Waals surface area contributed by atoms with Crippen LogP contribution in [0.15, 0.2) is 4.52 Å². The second-order valence-corrected chi connectivity index (χ2v) is 4.57. The van der Waals surface area contributed by atoms with Gasteiger partial charge in [0, 0.05) is 13.1 Å². The molecule has 1 saturated heterocycles. The van der Waals surface area contributed by atoms with E-state index in [9.17, 15) is 5.11 Å². The molecule has 102 valence electrons. The predicted molar refractivity (Wildman–Crippen MR) is 65.1 cm³/mol. The molecule has 2 unspecified atom stereocenters. The van der Waals surface area contributed by atoms with Crippen LogP contribution >= 0.6 is 0 Å². The van der Waals surface area contributed by atoms with Gasteiger partial charge in [-0.25, -0.2) is 0 Å². The van der Waals surface area contributed by atoms with Crippen LogP contribution < -0.4 is 0 Å². The minimum absolute atomic E-state index is 0.116. The second kappa shape index (κ2) is 6.26. The van der Waals surface area contributed by atoms with Gasteiger partial charge in [-0.05, 0) is 13.0 Å². The number of nitrogens with zero attached hydrogens (tertiary/aromatic N) is 3. The molecule has 1 aromatic heterocycles. The van der Waals surface area contributed by atoms with Gasteiger partial charge in [0.05, 0.1) is 19.1 Å². The highest BCUT2D eigenvalue weighted by molar-refractivity contribution is 4.94. The van der Waals surface area contributed by atoms with Crippen LogP contribution in [0.1, 0.15) is 38.1 Å². The van der Waals surface area contributed by atoms with E-state index in [0.29, 0.717) is 31.2 Å². The van der Waals surface area contributed by atoms with Crippen LogP contribution in [0.25, 0.3) is 0 Å². The van der Waals surface area contributed by atoms with Crippen LogP contribution in [0.3, 0.4) is 0 Å². The molecular weight excluding hydrogens is 234 g/mol. The molecule has 1 fully saturated rings. The minimum atomic E-state index is -0.419. The van der Waals surface area contributed by atoms with Crippen molar-refractivity contribution in [2.75, 3.05) is 26.2 Å². The van der Waals surface area contributed by atoms with Crippen molar-refractivity contribution in [1.82, 2.24) is 15.0 Å². The van der Waals surface area contributed by atoms with Crippen molar-refractivity contribution in [2.24, 2.45) is 0 Å². The average Bonchev–Trinajstić information content (AvgIpc) is 2.87. The molecule has 1 aromatic rings. The topological polar surface area (TPSA) is 71.6 Å². The fraction of sp³-hybridized carbons (Fsp3) is 0.833. The van der Waals surface area contributed by atoms with Crippen LogP contribution in [0.4, 0.5) is 0 Å². The third kappa shape index (κ3) is 3.28. The lowest BCUT2D eigenvalue weighted by molar-refractivity contribution is -0.0334. The van der Waals surface area contributed by atoms with E-state index >= 15 is 0 Å². The van der Waals surface area contributed by atoms with Gasteiger partial charge in [0.25, 0.3) is 0 Å². The SMILES string of the molecule is CCC(O)Cc1nc(C2CN(CC)CCO2)no1. The van der Waals surface area contributed by atoms with Crippen LogP contribution in [0.2, 0.25) is 0 Å². The highest BCUT2D eigenvalue weighted by Crippen LogP contribution is 2.19. The van der Waals surface area contributed by atoms with Crippen molar-refractivity contribution in [3.05, 3.63) is 11.7 Å². The molecule has 1 aliphatic heterocycles. The Hall–Kier alpha value is -0.980. The maximum atomic E-state index is 9.54. The van der Waals surface area contributed by atoms with E-state index < -0.39 is 6.10 Å². The maximum absolute atomic E-state index is 9.54. The lowest BCUT2D eigenvalue weighted by Gasteiger charge is -2.30. The van der Waals surface area contributed by atoms with Crippen molar-refractivity contribution in [3.63, 3.8) is 0 Å². The number of likely N-dealkylation sites (N-methyl/N-ethyl adjacent to an activating group) is 1. The molecule has 2 heterocycles. The fourth-order valence-electron chi connectivity index (χ4n) is 1.97. The Morgan fingerprint density at radius 1 is 1.50 bits per heavy atom. The summed E-state index contributed by atoms with van der Waals surface area (Å²) in [5.74, 6) is 1.07. The van der Waals surface area contributed by atoms with E-state index in [0.717, 1.165) is 19.6 Å². The van der Waals surface area contributed by atoms with Gasteiger partial charge < -0.3 is 14.4 Å². The molecular formula is C12H21N3O3. The summed E-state index contributed by atoms with van der Waals surface area (Å²) in [6.07, 6.45) is 0.558. The summed E-state index contributed by atoms with van der Waals surface area (Å²) in [6, 6.07) is 0. The number of aromatic nitrogens is 2. The molecule has 0 amide bonds. The van der Waals surface area contributed by atoms with Gasteiger partial charge in [0.15, 0.2) is 0 Å². The van der Waals surface area contributed by atoms with Gasteiger partial charge in [0.1, 0.15) is 6.10 Å². The standard InChI is InChI=1S/C12H21N3O3/c1-3-9(16)7-11-13-12(14-18-11)10-8-15(4-2)5-6-17-10/h9-10,16H,3-8H2,1-2H3. The number of rotatable bonds is 5. The summed E-state index contributed by atoms with van der Waals surface area (Å²) < 4.78 is 10.8. The summed E-state index contributed by atoms with van der Waals surface area (Å²) in [4.78, 5) is 6.60. The Balaban J connectivity index is 1.96. The Kier molecular flexibility index (Phi) is 4.68. The number of aliphatic hydroxyl groups excluding tert-OH is 1. The van der Waals surface area contributed by atoms with Gasteiger partial charge >= 0.3 is 0 Å². The molecule has 6 nitrogen and oxygen atoms in total.